The Balaban J connectivity index is 1.65. The molecule has 0 radical (unpaired) electrons. The van der Waals surface area contributed by atoms with E-state index in [0.717, 1.165) is 5.56 Å². The number of amides is 1. The molecule has 1 amide bonds. The average molecular weight is 412 g/mol. The van der Waals surface area contributed by atoms with Gasteiger partial charge in [0.15, 0.2) is 0 Å². The summed E-state index contributed by atoms with van der Waals surface area (Å²) in [6, 6.07) is 12.9. The van der Waals surface area contributed by atoms with Crippen LogP contribution in [0.4, 0.5) is 17.3 Å². The molecule has 0 aliphatic rings. The molecule has 0 unspecified atom stereocenters. The molecule has 0 fully saturated rings. The van der Waals surface area contributed by atoms with E-state index in [9.17, 15) is 13.2 Å². The SMILES string of the molecule is Cc1noc(NS(=O)(=O)c2ccc(NC(=O)/C=C/c3ccc(N)cc3)cc2)c1C. The van der Waals surface area contributed by atoms with Crippen LogP contribution >= 0.6 is 0 Å². The number of nitrogens with two attached hydrogens (primary N) is 1. The summed E-state index contributed by atoms with van der Waals surface area (Å²) < 4.78 is 32.3. The molecule has 0 aliphatic carbocycles. The van der Waals surface area contributed by atoms with Gasteiger partial charge in [-0.1, -0.05) is 17.3 Å². The van der Waals surface area contributed by atoms with Gasteiger partial charge in [0.1, 0.15) is 0 Å². The molecule has 150 valence electrons. The molecule has 3 rings (SSSR count). The van der Waals surface area contributed by atoms with Crippen LogP contribution in [0.25, 0.3) is 6.08 Å². The van der Waals surface area contributed by atoms with Gasteiger partial charge in [0.05, 0.1) is 10.6 Å². The highest BCUT2D eigenvalue weighted by molar-refractivity contribution is 7.92. The van der Waals surface area contributed by atoms with Crippen LogP contribution < -0.4 is 15.8 Å². The molecule has 0 spiro atoms. The molecule has 8 nitrogen and oxygen atoms in total. The minimum Gasteiger partial charge on any atom is -0.399 e. The third kappa shape index (κ3) is 5.02. The van der Waals surface area contributed by atoms with Crippen molar-refractivity contribution in [2.24, 2.45) is 0 Å². The fourth-order valence-electron chi connectivity index (χ4n) is 2.37. The van der Waals surface area contributed by atoms with Crippen LogP contribution in [0.5, 0.6) is 0 Å². The third-order valence-electron chi connectivity index (χ3n) is 4.18. The van der Waals surface area contributed by atoms with Crippen molar-refractivity contribution in [2.45, 2.75) is 18.7 Å². The van der Waals surface area contributed by atoms with E-state index in [-0.39, 0.29) is 16.7 Å². The number of benzene rings is 2. The number of sulfonamides is 1. The lowest BCUT2D eigenvalue weighted by atomic mass is 10.2. The van der Waals surface area contributed by atoms with Crippen LogP contribution in [0.2, 0.25) is 0 Å². The fourth-order valence-corrected chi connectivity index (χ4v) is 3.42. The van der Waals surface area contributed by atoms with Gasteiger partial charge in [-0.05, 0) is 61.9 Å². The summed E-state index contributed by atoms with van der Waals surface area (Å²) in [5, 5.41) is 6.39. The van der Waals surface area contributed by atoms with E-state index in [1.807, 2.05) is 0 Å². The zero-order valence-corrected chi connectivity index (χ0v) is 16.7. The van der Waals surface area contributed by atoms with Crippen molar-refractivity contribution in [1.29, 1.82) is 0 Å². The van der Waals surface area contributed by atoms with Crippen LogP contribution in [-0.4, -0.2) is 19.5 Å². The number of anilines is 3. The van der Waals surface area contributed by atoms with Crippen LogP contribution in [0.1, 0.15) is 16.8 Å². The van der Waals surface area contributed by atoms with Gasteiger partial charge in [0, 0.05) is 23.0 Å². The minimum atomic E-state index is -3.84. The van der Waals surface area contributed by atoms with Crippen LogP contribution in [0, 0.1) is 13.8 Å². The van der Waals surface area contributed by atoms with E-state index >= 15 is 0 Å². The molecule has 2 aromatic carbocycles. The number of rotatable bonds is 6. The van der Waals surface area contributed by atoms with Crippen molar-refractivity contribution in [3.05, 3.63) is 71.4 Å². The Morgan fingerprint density at radius 3 is 2.31 bits per heavy atom. The number of nitrogen functional groups attached to an aromatic ring is 1. The zero-order valence-electron chi connectivity index (χ0n) is 15.8. The van der Waals surface area contributed by atoms with Gasteiger partial charge in [-0.25, -0.2) is 13.1 Å². The van der Waals surface area contributed by atoms with Crippen LogP contribution in [0.3, 0.4) is 0 Å². The Morgan fingerprint density at radius 2 is 1.72 bits per heavy atom. The number of carbonyl (C=O) groups excluding carboxylic acids is 1. The molecule has 29 heavy (non-hydrogen) atoms. The first-order valence-corrected chi connectivity index (χ1v) is 10.1. The van der Waals surface area contributed by atoms with Crippen molar-refractivity contribution in [2.75, 3.05) is 15.8 Å². The van der Waals surface area contributed by atoms with Gasteiger partial charge < -0.3 is 15.6 Å². The highest BCUT2D eigenvalue weighted by atomic mass is 32.2. The third-order valence-corrected chi connectivity index (χ3v) is 5.53. The number of aromatic nitrogens is 1. The zero-order chi connectivity index (χ0) is 21.0. The average Bonchev–Trinajstić information content (AvgIpc) is 2.99. The number of carbonyl (C=O) groups is 1. The highest BCUT2D eigenvalue weighted by Gasteiger charge is 2.19. The second-order valence-corrected chi connectivity index (χ2v) is 8.02. The molecule has 4 N–H and O–H groups in total. The van der Waals surface area contributed by atoms with Gasteiger partial charge in [0.2, 0.25) is 11.8 Å². The number of aryl methyl sites for hydroxylation is 1. The largest absolute Gasteiger partial charge is 0.399 e. The van der Waals surface area contributed by atoms with E-state index in [1.54, 1.807) is 44.2 Å². The second-order valence-electron chi connectivity index (χ2n) is 6.34. The topological polar surface area (TPSA) is 127 Å². The molecule has 1 heterocycles. The molecular formula is C20H20N4O4S. The maximum atomic E-state index is 12.5. The van der Waals surface area contributed by atoms with E-state index in [1.165, 1.54) is 30.3 Å². The van der Waals surface area contributed by atoms with Gasteiger partial charge in [-0.15, -0.1) is 0 Å². The Morgan fingerprint density at radius 1 is 1.07 bits per heavy atom. The number of nitrogens with one attached hydrogen (secondary N) is 2. The Hall–Kier alpha value is -3.59. The van der Waals surface area contributed by atoms with Crippen LogP contribution in [0.15, 0.2) is 64.0 Å². The normalized spacial score (nSPS) is 11.5. The predicted molar refractivity (Wildman–Crippen MR) is 112 cm³/mol. The van der Waals surface area contributed by atoms with Gasteiger partial charge in [-0.3, -0.25) is 4.79 Å². The van der Waals surface area contributed by atoms with Gasteiger partial charge in [-0.2, -0.15) is 0 Å². The lowest BCUT2D eigenvalue weighted by Gasteiger charge is -2.07. The summed E-state index contributed by atoms with van der Waals surface area (Å²) in [6.07, 6.45) is 3.03. The molecule has 0 saturated heterocycles. The molecule has 0 atom stereocenters. The second kappa shape index (κ2) is 8.19. The molecule has 1 aromatic heterocycles. The maximum absolute atomic E-state index is 12.5. The molecule has 0 saturated carbocycles. The minimum absolute atomic E-state index is 0.0290. The van der Waals surface area contributed by atoms with E-state index in [2.05, 4.69) is 15.2 Å². The van der Waals surface area contributed by atoms with Gasteiger partial charge >= 0.3 is 0 Å². The van der Waals surface area contributed by atoms with E-state index in [0.29, 0.717) is 22.6 Å². The number of nitrogens with zero attached hydrogens (tertiary/aromatic N) is 1. The van der Waals surface area contributed by atoms with Crippen molar-refractivity contribution in [1.82, 2.24) is 5.16 Å². The quantitative estimate of drug-likeness (QED) is 0.421. The molecular weight excluding hydrogens is 392 g/mol. The maximum Gasteiger partial charge on any atom is 0.264 e. The lowest BCUT2D eigenvalue weighted by molar-refractivity contribution is -0.111. The van der Waals surface area contributed by atoms with Gasteiger partial charge in [0.25, 0.3) is 10.0 Å². The van der Waals surface area contributed by atoms with Crippen molar-refractivity contribution in [3.8, 4) is 0 Å². The monoisotopic (exact) mass is 412 g/mol. The summed E-state index contributed by atoms with van der Waals surface area (Å²) in [5.41, 5.74) is 8.78. The highest BCUT2D eigenvalue weighted by Crippen LogP contribution is 2.22. The summed E-state index contributed by atoms with van der Waals surface area (Å²) in [4.78, 5) is 12.1. The predicted octanol–water partition coefficient (Wildman–Crippen LogP) is 3.33. The first kappa shape index (κ1) is 20.2. The van der Waals surface area contributed by atoms with E-state index in [4.69, 9.17) is 10.3 Å². The van der Waals surface area contributed by atoms with E-state index < -0.39 is 10.0 Å². The smallest absolute Gasteiger partial charge is 0.264 e. The van der Waals surface area contributed by atoms with Crippen LogP contribution in [-0.2, 0) is 14.8 Å². The Kier molecular flexibility index (Phi) is 5.69. The number of hydrogen-bond acceptors (Lipinski definition) is 6. The summed E-state index contributed by atoms with van der Waals surface area (Å²) in [7, 11) is -3.84. The van der Waals surface area contributed by atoms with Crippen molar-refractivity contribution < 1.29 is 17.7 Å². The molecule has 9 heteroatoms. The standard InChI is InChI=1S/C20H20N4O4S/c1-13-14(2)23-28-20(13)24-29(26,27)18-10-8-17(9-11-18)22-19(25)12-5-15-3-6-16(21)7-4-15/h3-12,24H,21H2,1-2H3,(H,22,25)/b12-5+. The number of hydrogen-bond donors (Lipinski definition) is 3. The Labute approximate surface area is 168 Å². The first-order valence-electron chi connectivity index (χ1n) is 8.65. The summed E-state index contributed by atoms with van der Waals surface area (Å²) >= 11 is 0. The summed E-state index contributed by atoms with van der Waals surface area (Å²) in [5.74, 6) is -0.268. The first-order chi connectivity index (χ1) is 13.7. The van der Waals surface area contributed by atoms with Crippen molar-refractivity contribution >= 4 is 39.3 Å². The molecule has 3 aromatic rings. The molecule has 0 bridgehead atoms. The lowest BCUT2D eigenvalue weighted by Crippen LogP contribution is -2.13. The summed E-state index contributed by atoms with van der Waals surface area (Å²) in [6.45, 7) is 3.43. The van der Waals surface area contributed by atoms with Crippen molar-refractivity contribution in [3.63, 3.8) is 0 Å². The fraction of sp³-hybridized carbons (Fsp3) is 0.100. The Bertz CT molecular complexity index is 1150. The molecule has 0 aliphatic heterocycles.